The van der Waals surface area contributed by atoms with Crippen LogP contribution in [0, 0.1) is 13.8 Å². The van der Waals surface area contributed by atoms with E-state index in [2.05, 4.69) is 75.5 Å². The Morgan fingerprint density at radius 1 is 0.900 bits per heavy atom. The van der Waals surface area contributed by atoms with Crippen LogP contribution in [0.25, 0.3) is 11.1 Å². The Morgan fingerprint density at radius 3 is 2.20 bits per heavy atom. The van der Waals surface area contributed by atoms with Gasteiger partial charge in [0, 0.05) is 6.04 Å². The van der Waals surface area contributed by atoms with Crippen molar-refractivity contribution in [2.75, 3.05) is 6.54 Å². The predicted molar refractivity (Wildman–Crippen MR) is 88.1 cm³/mol. The van der Waals surface area contributed by atoms with Gasteiger partial charge in [0.1, 0.15) is 0 Å². The molecule has 2 aromatic carbocycles. The van der Waals surface area contributed by atoms with Gasteiger partial charge in [0.05, 0.1) is 0 Å². The summed E-state index contributed by atoms with van der Waals surface area (Å²) in [5.41, 5.74) is 6.65. The van der Waals surface area contributed by atoms with Crippen molar-refractivity contribution in [2.24, 2.45) is 0 Å². The minimum Gasteiger partial charge on any atom is -0.310 e. The molecule has 1 atom stereocenters. The predicted octanol–water partition coefficient (Wildman–Crippen LogP) is 5.03. The van der Waals surface area contributed by atoms with Crippen molar-refractivity contribution in [3.8, 4) is 11.1 Å². The molecule has 1 nitrogen and oxygen atoms in total. The van der Waals surface area contributed by atoms with Crippen LogP contribution in [0.15, 0.2) is 42.5 Å². The van der Waals surface area contributed by atoms with E-state index in [4.69, 9.17) is 0 Å². The van der Waals surface area contributed by atoms with Crippen LogP contribution < -0.4 is 5.32 Å². The van der Waals surface area contributed by atoms with Gasteiger partial charge in [0.2, 0.25) is 0 Å². The third kappa shape index (κ3) is 3.49. The maximum Gasteiger partial charge on any atom is 0.0317 e. The SMILES string of the molecule is CCNC(CC)c1cccc(-c2cc(C)cc(C)c2)c1. The molecule has 0 fully saturated rings. The van der Waals surface area contributed by atoms with E-state index >= 15 is 0 Å². The normalized spacial score (nSPS) is 12.4. The Hall–Kier alpha value is -1.60. The summed E-state index contributed by atoms with van der Waals surface area (Å²) in [5.74, 6) is 0. The first-order valence-corrected chi connectivity index (χ1v) is 7.56. The summed E-state index contributed by atoms with van der Waals surface area (Å²) < 4.78 is 0. The van der Waals surface area contributed by atoms with Crippen LogP contribution >= 0.6 is 0 Å². The molecule has 0 aromatic heterocycles. The quantitative estimate of drug-likeness (QED) is 0.801. The van der Waals surface area contributed by atoms with E-state index < -0.39 is 0 Å². The molecule has 20 heavy (non-hydrogen) atoms. The Labute approximate surface area is 123 Å². The third-order valence-corrected chi connectivity index (χ3v) is 3.70. The monoisotopic (exact) mass is 267 g/mol. The number of benzene rings is 2. The van der Waals surface area contributed by atoms with Crippen LogP contribution in [0.1, 0.15) is 43.0 Å². The number of aryl methyl sites for hydroxylation is 2. The van der Waals surface area contributed by atoms with Crippen molar-refractivity contribution in [3.05, 3.63) is 59.2 Å². The molecule has 0 bridgehead atoms. The van der Waals surface area contributed by atoms with Gasteiger partial charge in [-0.15, -0.1) is 0 Å². The maximum atomic E-state index is 3.55. The lowest BCUT2D eigenvalue weighted by molar-refractivity contribution is 0.537. The molecule has 0 aliphatic rings. The zero-order valence-corrected chi connectivity index (χ0v) is 13.0. The highest BCUT2D eigenvalue weighted by atomic mass is 14.9. The molecule has 106 valence electrons. The molecule has 0 aliphatic heterocycles. The van der Waals surface area contributed by atoms with Crippen molar-refractivity contribution in [1.29, 1.82) is 0 Å². The molecule has 0 aliphatic carbocycles. The summed E-state index contributed by atoms with van der Waals surface area (Å²) in [6.07, 6.45) is 1.12. The first kappa shape index (κ1) is 14.8. The third-order valence-electron chi connectivity index (χ3n) is 3.70. The Kier molecular flexibility index (Phi) is 4.97. The van der Waals surface area contributed by atoms with E-state index in [1.54, 1.807) is 0 Å². The van der Waals surface area contributed by atoms with Gasteiger partial charge in [0.15, 0.2) is 0 Å². The van der Waals surface area contributed by atoms with Gasteiger partial charge in [-0.1, -0.05) is 61.4 Å². The van der Waals surface area contributed by atoms with E-state index in [1.807, 2.05) is 0 Å². The lowest BCUT2D eigenvalue weighted by atomic mass is 9.96. The van der Waals surface area contributed by atoms with Crippen LogP contribution in [-0.2, 0) is 0 Å². The van der Waals surface area contributed by atoms with Crippen LogP contribution in [-0.4, -0.2) is 6.54 Å². The van der Waals surface area contributed by atoms with E-state index in [0.717, 1.165) is 13.0 Å². The fourth-order valence-corrected chi connectivity index (χ4v) is 2.82. The molecule has 1 N–H and O–H groups in total. The van der Waals surface area contributed by atoms with Gasteiger partial charge in [-0.05, 0) is 49.6 Å². The van der Waals surface area contributed by atoms with E-state index in [1.165, 1.54) is 27.8 Å². The van der Waals surface area contributed by atoms with Gasteiger partial charge in [-0.25, -0.2) is 0 Å². The molecule has 0 heterocycles. The molecule has 1 heteroatoms. The first-order chi connectivity index (χ1) is 9.63. The highest BCUT2D eigenvalue weighted by Gasteiger charge is 2.09. The summed E-state index contributed by atoms with van der Waals surface area (Å²) in [4.78, 5) is 0. The molecule has 0 saturated heterocycles. The number of hydrogen-bond donors (Lipinski definition) is 1. The Balaban J connectivity index is 2.38. The summed E-state index contributed by atoms with van der Waals surface area (Å²) in [6, 6.07) is 16.1. The van der Waals surface area contributed by atoms with Gasteiger partial charge in [0.25, 0.3) is 0 Å². The largest absolute Gasteiger partial charge is 0.310 e. The topological polar surface area (TPSA) is 12.0 Å². The average molecular weight is 267 g/mol. The second kappa shape index (κ2) is 6.71. The van der Waals surface area contributed by atoms with Crippen LogP contribution in [0.3, 0.4) is 0 Å². The van der Waals surface area contributed by atoms with Crippen molar-refractivity contribution < 1.29 is 0 Å². The average Bonchev–Trinajstić information content (AvgIpc) is 2.44. The van der Waals surface area contributed by atoms with Crippen LogP contribution in [0.4, 0.5) is 0 Å². The lowest BCUT2D eigenvalue weighted by Gasteiger charge is -2.17. The van der Waals surface area contributed by atoms with E-state index in [9.17, 15) is 0 Å². The molecular weight excluding hydrogens is 242 g/mol. The van der Waals surface area contributed by atoms with Crippen molar-refractivity contribution in [3.63, 3.8) is 0 Å². The fraction of sp³-hybridized carbons (Fsp3) is 0.368. The number of rotatable bonds is 5. The van der Waals surface area contributed by atoms with Crippen LogP contribution in [0.5, 0.6) is 0 Å². The number of nitrogens with one attached hydrogen (secondary N) is 1. The van der Waals surface area contributed by atoms with Gasteiger partial charge in [-0.3, -0.25) is 0 Å². The van der Waals surface area contributed by atoms with Crippen molar-refractivity contribution >= 4 is 0 Å². The van der Waals surface area contributed by atoms with E-state index in [0.29, 0.717) is 6.04 Å². The highest BCUT2D eigenvalue weighted by molar-refractivity contribution is 5.66. The standard InChI is InChI=1S/C19H25N/c1-5-19(20-6-2)17-9-7-8-16(13-17)18-11-14(3)10-15(4)12-18/h7-13,19-20H,5-6H2,1-4H3. The summed E-state index contributed by atoms with van der Waals surface area (Å²) in [5, 5.41) is 3.55. The molecule has 1 unspecified atom stereocenters. The minimum atomic E-state index is 0.450. The molecule has 2 rings (SSSR count). The Bertz CT molecular complexity index is 551. The summed E-state index contributed by atoms with van der Waals surface area (Å²) >= 11 is 0. The minimum absolute atomic E-state index is 0.450. The van der Waals surface area contributed by atoms with E-state index in [-0.39, 0.29) is 0 Å². The second-order valence-corrected chi connectivity index (χ2v) is 5.52. The van der Waals surface area contributed by atoms with Crippen LogP contribution in [0.2, 0.25) is 0 Å². The molecule has 0 amide bonds. The zero-order chi connectivity index (χ0) is 14.5. The first-order valence-electron chi connectivity index (χ1n) is 7.56. The highest BCUT2D eigenvalue weighted by Crippen LogP contribution is 2.26. The smallest absolute Gasteiger partial charge is 0.0317 e. The fourth-order valence-electron chi connectivity index (χ4n) is 2.82. The zero-order valence-electron chi connectivity index (χ0n) is 13.0. The molecule has 0 saturated carbocycles. The summed E-state index contributed by atoms with van der Waals surface area (Å²) in [7, 11) is 0. The van der Waals surface area contributed by atoms with Crippen molar-refractivity contribution in [1.82, 2.24) is 5.32 Å². The molecular formula is C19H25N. The van der Waals surface area contributed by atoms with Gasteiger partial charge >= 0.3 is 0 Å². The maximum absolute atomic E-state index is 3.55. The molecule has 2 aromatic rings. The second-order valence-electron chi connectivity index (χ2n) is 5.52. The Morgan fingerprint density at radius 2 is 1.60 bits per heavy atom. The lowest BCUT2D eigenvalue weighted by Crippen LogP contribution is -2.19. The van der Waals surface area contributed by atoms with Gasteiger partial charge < -0.3 is 5.32 Å². The molecule has 0 radical (unpaired) electrons. The van der Waals surface area contributed by atoms with Crippen molar-refractivity contribution in [2.45, 2.75) is 40.2 Å². The summed E-state index contributed by atoms with van der Waals surface area (Å²) in [6.45, 7) is 9.72. The molecule has 0 spiro atoms. The van der Waals surface area contributed by atoms with Gasteiger partial charge in [-0.2, -0.15) is 0 Å². The number of hydrogen-bond acceptors (Lipinski definition) is 1.